The third-order valence-corrected chi connectivity index (χ3v) is 3.17. The van der Waals surface area contributed by atoms with E-state index >= 15 is 0 Å². The molecule has 0 amide bonds. The van der Waals surface area contributed by atoms with Gasteiger partial charge in [-0.25, -0.2) is 4.39 Å². The number of aliphatic hydroxyl groups is 1. The molecule has 1 atom stereocenters. The maximum atomic E-state index is 13.4. The van der Waals surface area contributed by atoms with Gasteiger partial charge in [0.2, 0.25) is 0 Å². The molecule has 20 heavy (non-hydrogen) atoms. The van der Waals surface area contributed by atoms with Crippen LogP contribution in [0.4, 0.5) is 4.39 Å². The Kier molecular flexibility index (Phi) is 4.25. The maximum Gasteiger partial charge on any atom is 0.125 e. The number of ether oxygens (including phenoxy) is 2. The van der Waals surface area contributed by atoms with Gasteiger partial charge in [0.05, 0.1) is 14.2 Å². The van der Waals surface area contributed by atoms with Crippen LogP contribution in [0.2, 0.25) is 0 Å². The first-order valence-corrected chi connectivity index (χ1v) is 6.23. The number of rotatable bonds is 4. The number of benzene rings is 2. The zero-order chi connectivity index (χ0) is 14.7. The second kappa shape index (κ2) is 5.92. The Morgan fingerprint density at radius 3 is 2.30 bits per heavy atom. The summed E-state index contributed by atoms with van der Waals surface area (Å²) < 4.78 is 23.9. The lowest BCUT2D eigenvalue weighted by atomic mass is 9.98. The monoisotopic (exact) mass is 276 g/mol. The summed E-state index contributed by atoms with van der Waals surface area (Å²) >= 11 is 0. The van der Waals surface area contributed by atoms with Gasteiger partial charge in [-0.15, -0.1) is 0 Å². The fourth-order valence-corrected chi connectivity index (χ4v) is 2.13. The summed E-state index contributed by atoms with van der Waals surface area (Å²) in [6, 6.07) is 9.51. The van der Waals surface area contributed by atoms with Gasteiger partial charge in [-0.2, -0.15) is 0 Å². The van der Waals surface area contributed by atoms with Crippen LogP contribution in [0, 0.1) is 12.7 Å². The highest BCUT2D eigenvalue weighted by atomic mass is 19.1. The van der Waals surface area contributed by atoms with E-state index in [0.29, 0.717) is 22.6 Å². The molecule has 0 saturated carbocycles. The molecule has 4 heteroatoms. The van der Waals surface area contributed by atoms with Gasteiger partial charge in [-0.3, -0.25) is 0 Å². The van der Waals surface area contributed by atoms with Gasteiger partial charge in [0.1, 0.15) is 23.4 Å². The van der Waals surface area contributed by atoms with Crippen LogP contribution in [0.25, 0.3) is 0 Å². The summed E-state index contributed by atoms with van der Waals surface area (Å²) in [4.78, 5) is 0. The van der Waals surface area contributed by atoms with Crippen LogP contribution >= 0.6 is 0 Å². The highest BCUT2D eigenvalue weighted by Gasteiger charge is 2.20. The molecule has 0 bridgehead atoms. The Bertz CT molecular complexity index is 611. The van der Waals surface area contributed by atoms with Crippen molar-refractivity contribution in [2.24, 2.45) is 0 Å². The second-order valence-corrected chi connectivity index (χ2v) is 4.53. The Hall–Kier alpha value is -2.07. The van der Waals surface area contributed by atoms with Crippen molar-refractivity contribution in [1.82, 2.24) is 0 Å². The molecule has 2 aromatic carbocycles. The molecule has 0 fully saturated rings. The van der Waals surface area contributed by atoms with Crippen LogP contribution in [0.3, 0.4) is 0 Å². The van der Waals surface area contributed by atoms with Crippen molar-refractivity contribution in [3.05, 3.63) is 58.9 Å². The van der Waals surface area contributed by atoms with Crippen molar-refractivity contribution >= 4 is 0 Å². The highest BCUT2D eigenvalue weighted by Crippen LogP contribution is 2.35. The first kappa shape index (κ1) is 14.3. The summed E-state index contributed by atoms with van der Waals surface area (Å²) in [6.07, 6.45) is -1.02. The van der Waals surface area contributed by atoms with E-state index in [0.717, 1.165) is 5.56 Å². The van der Waals surface area contributed by atoms with Crippen LogP contribution in [-0.2, 0) is 0 Å². The van der Waals surface area contributed by atoms with Crippen LogP contribution in [-0.4, -0.2) is 19.3 Å². The van der Waals surface area contributed by atoms with E-state index in [1.807, 2.05) is 19.1 Å². The number of hydrogen-bond acceptors (Lipinski definition) is 3. The predicted molar refractivity (Wildman–Crippen MR) is 74.7 cm³/mol. The van der Waals surface area contributed by atoms with Gasteiger partial charge in [0.25, 0.3) is 0 Å². The van der Waals surface area contributed by atoms with E-state index in [9.17, 15) is 9.50 Å². The Labute approximate surface area is 117 Å². The number of aliphatic hydroxyl groups excluding tert-OH is 1. The van der Waals surface area contributed by atoms with Gasteiger partial charge in [0.15, 0.2) is 0 Å². The van der Waals surface area contributed by atoms with Crippen LogP contribution < -0.4 is 9.47 Å². The molecule has 3 nitrogen and oxygen atoms in total. The Morgan fingerprint density at radius 1 is 0.950 bits per heavy atom. The lowest BCUT2D eigenvalue weighted by Crippen LogP contribution is -2.05. The third-order valence-electron chi connectivity index (χ3n) is 3.17. The van der Waals surface area contributed by atoms with Crippen molar-refractivity contribution in [3.63, 3.8) is 0 Å². The lowest BCUT2D eigenvalue weighted by molar-refractivity contribution is 0.209. The summed E-state index contributed by atoms with van der Waals surface area (Å²) in [5, 5.41) is 10.5. The molecule has 0 heterocycles. The summed E-state index contributed by atoms with van der Waals surface area (Å²) in [5.74, 6) is 0.566. The minimum atomic E-state index is -1.02. The first-order chi connectivity index (χ1) is 9.56. The van der Waals surface area contributed by atoms with Crippen molar-refractivity contribution in [1.29, 1.82) is 0 Å². The quantitative estimate of drug-likeness (QED) is 0.931. The van der Waals surface area contributed by atoms with Crippen LogP contribution in [0.15, 0.2) is 36.4 Å². The fourth-order valence-electron chi connectivity index (χ4n) is 2.13. The van der Waals surface area contributed by atoms with Crippen molar-refractivity contribution < 1.29 is 19.0 Å². The maximum absolute atomic E-state index is 13.4. The van der Waals surface area contributed by atoms with E-state index in [1.165, 1.54) is 32.4 Å². The van der Waals surface area contributed by atoms with E-state index in [2.05, 4.69) is 0 Å². The molecular weight excluding hydrogens is 259 g/mol. The van der Waals surface area contributed by atoms with Gasteiger partial charge >= 0.3 is 0 Å². The predicted octanol–water partition coefficient (Wildman–Crippen LogP) is 3.23. The molecule has 106 valence electrons. The zero-order valence-corrected chi connectivity index (χ0v) is 11.7. The van der Waals surface area contributed by atoms with E-state index in [1.54, 1.807) is 6.07 Å². The van der Waals surface area contributed by atoms with Gasteiger partial charge in [-0.1, -0.05) is 12.1 Å². The van der Waals surface area contributed by atoms with E-state index in [-0.39, 0.29) is 0 Å². The molecule has 2 rings (SSSR count). The topological polar surface area (TPSA) is 38.7 Å². The van der Waals surface area contributed by atoms with Crippen molar-refractivity contribution in [2.75, 3.05) is 14.2 Å². The van der Waals surface area contributed by atoms with Crippen molar-refractivity contribution in [2.45, 2.75) is 13.0 Å². The molecular formula is C16H17FO3. The number of halogens is 1. The summed E-state index contributed by atoms with van der Waals surface area (Å²) in [7, 11) is 3.02. The number of hydrogen-bond donors (Lipinski definition) is 1. The molecule has 0 aromatic heterocycles. The second-order valence-electron chi connectivity index (χ2n) is 4.53. The third kappa shape index (κ3) is 2.75. The molecule has 0 aliphatic carbocycles. The minimum absolute atomic E-state index is 0.370. The minimum Gasteiger partial charge on any atom is -0.496 e. The fraction of sp³-hybridized carbons (Fsp3) is 0.250. The van der Waals surface area contributed by atoms with Crippen LogP contribution in [0.5, 0.6) is 11.5 Å². The lowest BCUT2D eigenvalue weighted by Gasteiger charge is -2.18. The van der Waals surface area contributed by atoms with Crippen molar-refractivity contribution in [3.8, 4) is 11.5 Å². The Balaban J connectivity index is 2.51. The average Bonchev–Trinajstić information content (AvgIpc) is 2.46. The number of aryl methyl sites for hydroxylation is 1. The van der Waals surface area contributed by atoms with Gasteiger partial charge in [0, 0.05) is 11.1 Å². The molecule has 0 radical (unpaired) electrons. The Morgan fingerprint density at radius 2 is 1.65 bits per heavy atom. The molecule has 0 saturated heterocycles. The molecule has 0 spiro atoms. The molecule has 0 aliphatic heterocycles. The molecule has 1 unspecified atom stereocenters. The van der Waals surface area contributed by atoms with Crippen LogP contribution in [0.1, 0.15) is 22.8 Å². The molecule has 1 N–H and O–H groups in total. The zero-order valence-electron chi connectivity index (χ0n) is 11.7. The molecule has 0 aliphatic rings. The smallest absolute Gasteiger partial charge is 0.125 e. The van der Waals surface area contributed by atoms with Gasteiger partial charge in [-0.05, 0) is 36.8 Å². The SMILES string of the molecule is COc1cc(C)ccc1C(O)c1cc(F)ccc1OC. The summed E-state index contributed by atoms with van der Waals surface area (Å²) in [6.45, 7) is 1.93. The number of methoxy groups -OCH3 is 2. The van der Waals surface area contributed by atoms with Gasteiger partial charge < -0.3 is 14.6 Å². The summed E-state index contributed by atoms with van der Waals surface area (Å²) in [5.41, 5.74) is 1.96. The van der Waals surface area contributed by atoms with E-state index < -0.39 is 11.9 Å². The average molecular weight is 276 g/mol. The first-order valence-electron chi connectivity index (χ1n) is 6.23. The van der Waals surface area contributed by atoms with E-state index in [4.69, 9.17) is 9.47 Å². The largest absolute Gasteiger partial charge is 0.496 e. The standard InChI is InChI=1S/C16H17FO3/c1-10-4-6-12(15(8-10)20-3)16(18)13-9-11(17)5-7-14(13)19-2/h4-9,16,18H,1-3H3. The highest BCUT2D eigenvalue weighted by molar-refractivity contribution is 5.46. The molecule has 2 aromatic rings. The normalized spacial score (nSPS) is 12.1.